The standard InChI is InChI=1S/C18H28N2O3/c1-13-6-5-11-20(16(13)12-21)17(22)19-14-7-9-15(10-8-14)23-18(2,3)4/h7-10,13,16,21H,5-6,11-12H2,1-4H3,(H,19,22). The molecule has 0 aliphatic carbocycles. The minimum absolute atomic E-state index is 0.00689. The van der Waals surface area contributed by atoms with E-state index in [1.165, 1.54) is 0 Å². The first-order chi connectivity index (χ1) is 10.8. The molecule has 1 heterocycles. The second-order valence-electron chi connectivity index (χ2n) is 7.23. The molecule has 5 heteroatoms. The van der Waals surface area contributed by atoms with Gasteiger partial charge in [-0.2, -0.15) is 0 Å². The van der Waals surface area contributed by atoms with E-state index in [-0.39, 0.29) is 24.3 Å². The third kappa shape index (κ3) is 4.86. The van der Waals surface area contributed by atoms with Crippen LogP contribution in [-0.2, 0) is 0 Å². The number of piperidine rings is 1. The van der Waals surface area contributed by atoms with Crippen molar-refractivity contribution in [1.82, 2.24) is 4.90 Å². The first-order valence-corrected chi connectivity index (χ1v) is 8.28. The van der Waals surface area contributed by atoms with Crippen molar-refractivity contribution in [2.45, 2.75) is 52.2 Å². The number of carbonyl (C=O) groups excluding carboxylic acids is 1. The molecule has 1 aliphatic heterocycles. The molecule has 0 bridgehead atoms. The van der Waals surface area contributed by atoms with Crippen molar-refractivity contribution in [1.29, 1.82) is 0 Å². The Hall–Kier alpha value is -1.75. The van der Waals surface area contributed by atoms with Gasteiger partial charge in [0.1, 0.15) is 11.4 Å². The number of aliphatic hydroxyl groups excluding tert-OH is 1. The van der Waals surface area contributed by atoms with Crippen LogP contribution < -0.4 is 10.1 Å². The van der Waals surface area contributed by atoms with E-state index in [0.29, 0.717) is 12.5 Å². The van der Waals surface area contributed by atoms with Gasteiger partial charge in [-0.05, 0) is 63.8 Å². The van der Waals surface area contributed by atoms with E-state index in [2.05, 4.69) is 12.2 Å². The number of ether oxygens (including phenoxy) is 1. The summed E-state index contributed by atoms with van der Waals surface area (Å²) in [6.45, 7) is 8.76. The van der Waals surface area contributed by atoms with Crippen LogP contribution in [0.2, 0.25) is 0 Å². The summed E-state index contributed by atoms with van der Waals surface area (Å²) in [5.74, 6) is 1.09. The SMILES string of the molecule is CC1CCCN(C(=O)Nc2ccc(OC(C)(C)C)cc2)C1CO. The zero-order chi connectivity index (χ0) is 17.0. The van der Waals surface area contributed by atoms with E-state index in [0.717, 1.165) is 24.3 Å². The number of hydrogen-bond acceptors (Lipinski definition) is 3. The molecule has 2 amide bonds. The highest BCUT2D eigenvalue weighted by Crippen LogP contribution is 2.25. The molecule has 128 valence electrons. The van der Waals surface area contributed by atoms with Gasteiger partial charge in [-0.15, -0.1) is 0 Å². The second kappa shape index (κ2) is 7.21. The number of carbonyl (C=O) groups is 1. The van der Waals surface area contributed by atoms with Crippen molar-refractivity contribution in [3.8, 4) is 5.75 Å². The number of hydrogen-bond donors (Lipinski definition) is 2. The van der Waals surface area contributed by atoms with E-state index < -0.39 is 0 Å². The molecule has 1 saturated heterocycles. The van der Waals surface area contributed by atoms with Crippen LogP contribution in [0.3, 0.4) is 0 Å². The Bertz CT molecular complexity index is 522. The molecule has 1 aromatic rings. The molecule has 2 rings (SSSR count). The summed E-state index contributed by atoms with van der Waals surface area (Å²) in [4.78, 5) is 14.2. The van der Waals surface area contributed by atoms with Gasteiger partial charge in [0.2, 0.25) is 0 Å². The monoisotopic (exact) mass is 320 g/mol. The molecule has 2 unspecified atom stereocenters. The quantitative estimate of drug-likeness (QED) is 0.896. The van der Waals surface area contributed by atoms with Gasteiger partial charge < -0.3 is 20.1 Å². The summed E-state index contributed by atoms with van der Waals surface area (Å²) in [5, 5.41) is 12.5. The second-order valence-corrected chi connectivity index (χ2v) is 7.23. The predicted octanol–water partition coefficient (Wildman–Crippen LogP) is 3.49. The number of nitrogens with zero attached hydrogens (tertiary/aromatic N) is 1. The fraction of sp³-hybridized carbons (Fsp3) is 0.611. The van der Waals surface area contributed by atoms with Gasteiger partial charge in [-0.25, -0.2) is 4.79 Å². The fourth-order valence-electron chi connectivity index (χ4n) is 2.93. The van der Waals surface area contributed by atoms with Crippen molar-refractivity contribution >= 4 is 11.7 Å². The Kier molecular flexibility index (Phi) is 5.52. The molecule has 0 radical (unpaired) electrons. The maximum atomic E-state index is 12.5. The van der Waals surface area contributed by atoms with Gasteiger partial charge >= 0.3 is 6.03 Å². The minimum Gasteiger partial charge on any atom is -0.488 e. The maximum absolute atomic E-state index is 12.5. The van der Waals surface area contributed by atoms with Crippen LogP contribution in [0.15, 0.2) is 24.3 Å². The Morgan fingerprint density at radius 3 is 2.57 bits per heavy atom. The van der Waals surface area contributed by atoms with Crippen LogP contribution in [0, 0.1) is 5.92 Å². The first kappa shape index (κ1) is 17.6. The largest absolute Gasteiger partial charge is 0.488 e. The highest BCUT2D eigenvalue weighted by Gasteiger charge is 2.31. The highest BCUT2D eigenvalue weighted by molar-refractivity contribution is 5.89. The maximum Gasteiger partial charge on any atom is 0.322 e. The van der Waals surface area contributed by atoms with Crippen LogP contribution in [0.25, 0.3) is 0 Å². The number of nitrogens with one attached hydrogen (secondary N) is 1. The molecule has 0 saturated carbocycles. The third-order valence-electron chi connectivity index (χ3n) is 4.09. The summed E-state index contributed by atoms with van der Waals surface area (Å²) in [5.41, 5.74) is 0.481. The summed E-state index contributed by atoms with van der Waals surface area (Å²) in [6.07, 6.45) is 2.03. The first-order valence-electron chi connectivity index (χ1n) is 8.28. The number of likely N-dealkylation sites (tertiary alicyclic amines) is 1. The van der Waals surface area contributed by atoms with Gasteiger partial charge in [-0.1, -0.05) is 6.92 Å². The number of benzene rings is 1. The highest BCUT2D eigenvalue weighted by atomic mass is 16.5. The molecular formula is C18H28N2O3. The van der Waals surface area contributed by atoms with Gasteiger partial charge in [0.05, 0.1) is 12.6 Å². The van der Waals surface area contributed by atoms with Crippen molar-refractivity contribution in [2.24, 2.45) is 5.92 Å². The summed E-state index contributed by atoms with van der Waals surface area (Å²) >= 11 is 0. The Balaban J connectivity index is 1.99. The average molecular weight is 320 g/mol. The lowest BCUT2D eigenvalue weighted by atomic mass is 9.91. The van der Waals surface area contributed by atoms with Crippen molar-refractivity contribution in [3.05, 3.63) is 24.3 Å². The molecule has 0 spiro atoms. The zero-order valence-electron chi connectivity index (χ0n) is 14.5. The van der Waals surface area contributed by atoms with Gasteiger partial charge in [-0.3, -0.25) is 0 Å². The van der Waals surface area contributed by atoms with Crippen molar-refractivity contribution < 1.29 is 14.6 Å². The molecule has 1 aromatic carbocycles. The molecule has 5 nitrogen and oxygen atoms in total. The van der Waals surface area contributed by atoms with Crippen LogP contribution in [0.5, 0.6) is 5.75 Å². The normalized spacial score (nSPS) is 21.9. The Morgan fingerprint density at radius 1 is 1.35 bits per heavy atom. The van der Waals surface area contributed by atoms with E-state index >= 15 is 0 Å². The van der Waals surface area contributed by atoms with E-state index in [4.69, 9.17) is 4.74 Å². The third-order valence-corrected chi connectivity index (χ3v) is 4.09. The lowest BCUT2D eigenvalue weighted by molar-refractivity contribution is 0.0811. The molecule has 2 N–H and O–H groups in total. The number of urea groups is 1. The van der Waals surface area contributed by atoms with Crippen molar-refractivity contribution in [2.75, 3.05) is 18.5 Å². The number of rotatable bonds is 3. The van der Waals surface area contributed by atoms with Gasteiger partial charge in [0, 0.05) is 12.2 Å². The smallest absolute Gasteiger partial charge is 0.322 e. The summed E-state index contributed by atoms with van der Waals surface area (Å²) in [6, 6.07) is 7.11. The molecule has 1 aliphatic rings. The van der Waals surface area contributed by atoms with E-state index in [1.807, 2.05) is 45.0 Å². The average Bonchev–Trinajstić information content (AvgIpc) is 2.47. The van der Waals surface area contributed by atoms with E-state index in [1.54, 1.807) is 4.90 Å². The van der Waals surface area contributed by atoms with Crippen molar-refractivity contribution in [3.63, 3.8) is 0 Å². The minimum atomic E-state index is -0.247. The molecular weight excluding hydrogens is 292 g/mol. The van der Waals surface area contributed by atoms with Gasteiger partial charge in [0.15, 0.2) is 0 Å². The van der Waals surface area contributed by atoms with Gasteiger partial charge in [0.25, 0.3) is 0 Å². The summed E-state index contributed by atoms with van der Waals surface area (Å²) < 4.78 is 5.77. The molecule has 23 heavy (non-hydrogen) atoms. The lowest BCUT2D eigenvalue weighted by Crippen LogP contribution is -2.51. The van der Waals surface area contributed by atoms with Crippen LogP contribution in [0.4, 0.5) is 10.5 Å². The Morgan fingerprint density at radius 2 is 2.00 bits per heavy atom. The topological polar surface area (TPSA) is 61.8 Å². The fourth-order valence-corrected chi connectivity index (χ4v) is 2.93. The number of anilines is 1. The number of amides is 2. The van der Waals surface area contributed by atoms with Crippen LogP contribution >= 0.6 is 0 Å². The summed E-state index contributed by atoms with van der Waals surface area (Å²) in [7, 11) is 0. The molecule has 1 fully saturated rings. The Labute approximate surface area is 138 Å². The van der Waals surface area contributed by atoms with Crippen LogP contribution in [0.1, 0.15) is 40.5 Å². The van der Waals surface area contributed by atoms with E-state index in [9.17, 15) is 9.90 Å². The van der Waals surface area contributed by atoms with Crippen LogP contribution in [-0.4, -0.2) is 40.8 Å². The zero-order valence-corrected chi connectivity index (χ0v) is 14.5. The predicted molar refractivity (Wildman–Crippen MR) is 91.8 cm³/mol. The molecule has 2 atom stereocenters. The lowest BCUT2D eigenvalue weighted by Gasteiger charge is -2.38. The number of aliphatic hydroxyl groups is 1. The molecule has 0 aromatic heterocycles.